The molecular formula is C17H23N5O2. The molecule has 1 aliphatic rings. The Balaban J connectivity index is 1.63. The highest BCUT2D eigenvalue weighted by Gasteiger charge is 2.28. The molecule has 0 radical (unpaired) electrons. The number of amides is 2. The Labute approximate surface area is 141 Å². The standard InChI is InChI=1S/C17H23N5O2/c1-11(12-4-5-12)19-16(23)20-15-8-9-22(21-15)13-6-7-14(18-10-13)17(2,3)24/h6-12,24H,4-5H2,1-3H3,(H2,19,20,21,23)/t11-/m0/s1. The van der Waals surface area contributed by atoms with Crippen molar-refractivity contribution in [3.63, 3.8) is 0 Å². The van der Waals surface area contributed by atoms with Gasteiger partial charge in [0.2, 0.25) is 0 Å². The molecule has 2 heterocycles. The Hall–Kier alpha value is -2.41. The van der Waals surface area contributed by atoms with E-state index >= 15 is 0 Å². The summed E-state index contributed by atoms with van der Waals surface area (Å²) in [4.78, 5) is 16.2. The smallest absolute Gasteiger partial charge is 0.320 e. The van der Waals surface area contributed by atoms with Gasteiger partial charge in [0.15, 0.2) is 5.82 Å². The highest BCUT2D eigenvalue weighted by atomic mass is 16.3. The minimum atomic E-state index is -0.980. The monoisotopic (exact) mass is 329 g/mol. The fraction of sp³-hybridized carbons (Fsp3) is 0.471. The Morgan fingerprint density at radius 3 is 2.71 bits per heavy atom. The van der Waals surface area contributed by atoms with Crippen LogP contribution >= 0.6 is 0 Å². The molecule has 0 unspecified atom stereocenters. The first kappa shape index (κ1) is 16.4. The summed E-state index contributed by atoms with van der Waals surface area (Å²) in [7, 11) is 0. The average Bonchev–Trinajstić information content (AvgIpc) is 3.27. The third-order valence-corrected chi connectivity index (χ3v) is 4.16. The van der Waals surface area contributed by atoms with Gasteiger partial charge in [0.25, 0.3) is 0 Å². The van der Waals surface area contributed by atoms with Gasteiger partial charge in [0.05, 0.1) is 17.6 Å². The number of hydrogen-bond donors (Lipinski definition) is 3. The van der Waals surface area contributed by atoms with Crippen molar-refractivity contribution < 1.29 is 9.90 Å². The van der Waals surface area contributed by atoms with Crippen molar-refractivity contribution in [2.75, 3.05) is 5.32 Å². The first-order valence-electron chi connectivity index (χ1n) is 8.15. The maximum absolute atomic E-state index is 11.9. The first-order valence-corrected chi connectivity index (χ1v) is 8.15. The lowest BCUT2D eigenvalue weighted by Gasteiger charge is -2.16. The largest absolute Gasteiger partial charge is 0.384 e. The molecule has 7 heteroatoms. The van der Waals surface area contributed by atoms with Gasteiger partial charge in [-0.25, -0.2) is 9.48 Å². The predicted molar refractivity (Wildman–Crippen MR) is 90.9 cm³/mol. The van der Waals surface area contributed by atoms with Crippen molar-refractivity contribution >= 4 is 11.8 Å². The van der Waals surface area contributed by atoms with E-state index in [1.54, 1.807) is 43.1 Å². The Morgan fingerprint density at radius 2 is 2.12 bits per heavy atom. The van der Waals surface area contributed by atoms with Crippen LogP contribution in [0.2, 0.25) is 0 Å². The highest BCUT2D eigenvalue weighted by molar-refractivity contribution is 5.88. The van der Waals surface area contributed by atoms with Crippen molar-refractivity contribution in [3.05, 3.63) is 36.3 Å². The molecule has 1 atom stereocenters. The normalized spacial score (nSPS) is 15.8. The molecule has 3 rings (SSSR count). The second-order valence-corrected chi connectivity index (χ2v) is 6.83. The highest BCUT2D eigenvalue weighted by Crippen LogP contribution is 2.32. The lowest BCUT2D eigenvalue weighted by molar-refractivity contribution is 0.0738. The van der Waals surface area contributed by atoms with E-state index in [4.69, 9.17) is 0 Å². The van der Waals surface area contributed by atoms with Gasteiger partial charge in [-0.3, -0.25) is 10.3 Å². The van der Waals surface area contributed by atoms with Crippen LogP contribution < -0.4 is 10.6 Å². The van der Waals surface area contributed by atoms with E-state index in [1.807, 2.05) is 13.0 Å². The molecule has 0 aliphatic heterocycles. The van der Waals surface area contributed by atoms with Crippen LogP contribution in [0.1, 0.15) is 39.3 Å². The van der Waals surface area contributed by atoms with Gasteiger partial charge in [0, 0.05) is 18.3 Å². The van der Waals surface area contributed by atoms with Gasteiger partial charge in [-0.2, -0.15) is 0 Å². The molecule has 7 nitrogen and oxygen atoms in total. The van der Waals surface area contributed by atoms with Crippen molar-refractivity contribution in [1.29, 1.82) is 0 Å². The van der Waals surface area contributed by atoms with E-state index in [1.165, 1.54) is 12.8 Å². The lowest BCUT2D eigenvalue weighted by Crippen LogP contribution is -2.37. The summed E-state index contributed by atoms with van der Waals surface area (Å²) in [6.07, 6.45) is 5.76. The Kier molecular flexibility index (Phi) is 4.28. The number of anilines is 1. The summed E-state index contributed by atoms with van der Waals surface area (Å²) in [6, 6.07) is 5.26. The SMILES string of the molecule is C[C@H](NC(=O)Nc1ccn(-c2ccc(C(C)(C)O)nc2)n1)C1CC1. The average molecular weight is 329 g/mol. The molecule has 0 aromatic carbocycles. The van der Waals surface area contributed by atoms with Crippen LogP contribution in [0.3, 0.4) is 0 Å². The molecule has 2 aromatic rings. The van der Waals surface area contributed by atoms with Crippen LogP contribution in [-0.2, 0) is 5.60 Å². The molecule has 1 aliphatic carbocycles. The van der Waals surface area contributed by atoms with Crippen LogP contribution in [0.25, 0.3) is 5.69 Å². The van der Waals surface area contributed by atoms with Crippen LogP contribution in [0.4, 0.5) is 10.6 Å². The van der Waals surface area contributed by atoms with E-state index in [9.17, 15) is 9.90 Å². The summed E-state index contributed by atoms with van der Waals surface area (Å²) in [6.45, 7) is 5.39. The number of aliphatic hydroxyl groups is 1. The fourth-order valence-corrected chi connectivity index (χ4v) is 2.49. The number of carbonyl (C=O) groups excluding carboxylic acids is 1. The van der Waals surface area contributed by atoms with Crippen LogP contribution in [0.15, 0.2) is 30.6 Å². The molecule has 0 spiro atoms. The number of nitrogens with zero attached hydrogens (tertiary/aromatic N) is 3. The van der Waals surface area contributed by atoms with E-state index in [2.05, 4.69) is 20.7 Å². The molecule has 0 bridgehead atoms. The van der Waals surface area contributed by atoms with Crippen molar-refractivity contribution in [1.82, 2.24) is 20.1 Å². The number of pyridine rings is 1. The second-order valence-electron chi connectivity index (χ2n) is 6.83. The lowest BCUT2D eigenvalue weighted by atomic mass is 10.1. The van der Waals surface area contributed by atoms with E-state index < -0.39 is 5.60 Å². The molecule has 2 amide bonds. The summed E-state index contributed by atoms with van der Waals surface area (Å²) < 4.78 is 1.63. The third-order valence-electron chi connectivity index (χ3n) is 4.16. The molecule has 24 heavy (non-hydrogen) atoms. The van der Waals surface area contributed by atoms with Gasteiger partial charge in [-0.05, 0) is 51.7 Å². The van der Waals surface area contributed by atoms with Gasteiger partial charge in [0.1, 0.15) is 5.60 Å². The Bertz CT molecular complexity index is 713. The molecule has 0 saturated heterocycles. The summed E-state index contributed by atoms with van der Waals surface area (Å²) in [5, 5.41) is 19.9. The van der Waals surface area contributed by atoms with E-state index in [0.29, 0.717) is 17.4 Å². The molecule has 128 valence electrons. The third kappa shape index (κ3) is 3.91. The first-order chi connectivity index (χ1) is 11.3. The molecule has 1 fully saturated rings. The van der Waals surface area contributed by atoms with Crippen LogP contribution in [0, 0.1) is 5.92 Å². The molecular weight excluding hydrogens is 306 g/mol. The van der Waals surface area contributed by atoms with Gasteiger partial charge in [-0.15, -0.1) is 5.10 Å². The quantitative estimate of drug-likeness (QED) is 0.785. The van der Waals surface area contributed by atoms with Gasteiger partial charge in [-0.1, -0.05) is 0 Å². The van der Waals surface area contributed by atoms with Crippen LogP contribution in [-0.4, -0.2) is 31.9 Å². The maximum Gasteiger partial charge on any atom is 0.320 e. The second kappa shape index (κ2) is 6.24. The number of rotatable bonds is 5. The number of hydrogen-bond acceptors (Lipinski definition) is 4. The number of carbonyl (C=O) groups is 1. The number of nitrogens with one attached hydrogen (secondary N) is 2. The summed E-state index contributed by atoms with van der Waals surface area (Å²) >= 11 is 0. The maximum atomic E-state index is 11.9. The van der Waals surface area contributed by atoms with Crippen molar-refractivity contribution in [2.45, 2.75) is 45.3 Å². The predicted octanol–water partition coefficient (Wildman–Crippen LogP) is 2.41. The van der Waals surface area contributed by atoms with E-state index in [-0.39, 0.29) is 12.1 Å². The topological polar surface area (TPSA) is 92.1 Å². The minimum absolute atomic E-state index is 0.186. The summed E-state index contributed by atoms with van der Waals surface area (Å²) in [5.41, 5.74) is 0.360. The van der Waals surface area contributed by atoms with E-state index in [0.717, 1.165) is 5.69 Å². The molecule has 2 aromatic heterocycles. The van der Waals surface area contributed by atoms with Gasteiger partial charge >= 0.3 is 6.03 Å². The summed E-state index contributed by atoms with van der Waals surface area (Å²) in [5.74, 6) is 1.08. The van der Waals surface area contributed by atoms with Crippen molar-refractivity contribution in [2.24, 2.45) is 5.92 Å². The minimum Gasteiger partial charge on any atom is -0.384 e. The van der Waals surface area contributed by atoms with Gasteiger partial charge < -0.3 is 10.4 Å². The number of urea groups is 1. The number of aromatic nitrogens is 3. The molecule has 1 saturated carbocycles. The molecule has 3 N–H and O–H groups in total. The zero-order chi connectivity index (χ0) is 17.3. The van der Waals surface area contributed by atoms with Crippen LogP contribution in [0.5, 0.6) is 0 Å². The zero-order valence-electron chi connectivity index (χ0n) is 14.2. The fourth-order valence-electron chi connectivity index (χ4n) is 2.49. The Morgan fingerprint density at radius 1 is 1.38 bits per heavy atom. The van der Waals surface area contributed by atoms with Crippen molar-refractivity contribution in [3.8, 4) is 5.69 Å². The zero-order valence-corrected chi connectivity index (χ0v) is 14.2.